The second kappa shape index (κ2) is 4.77. The summed E-state index contributed by atoms with van der Waals surface area (Å²) in [5.41, 5.74) is 3.22. The van der Waals surface area contributed by atoms with Crippen LogP contribution in [0.25, 0.3) is 0 Å². The molecule has 0 spiro atoms. The van der Waals surface area contributed by atoms with Gasteiger partial charge in [-0.3, -0.25) is 0 Å². The Morgan fingerprint density at radius 2 is 1.40 bits per heavy atom. The molecule has 2 unspecified atom stereocenters. The standard InChI is InChI=1S/C18H28O2/c1-11-15(20-11)10-12-8-13(17(2,3)4)16(19)14(9-12)18(5,6)7/h8-9,11,15,19H,10H2,1-7H3. The number of phenolic OH excluding ortho intramolecular Hbond substituents is 1. The average Bonchev–Trinajstić information content (AvgIpc) is 2.93. The van der Waals surface area contributed by atoms with E-state index in [1.807, 2.05) is 0 Å². The van der Waals surface area contributed by atoms with Crippen LogP contribution in [-0.2, 0) is 22.0 Å². The molecule has 1 saturated heterocycles. The number of hydrogen-bond acceptors (Lipinski definition) is 2. The lowest BCUT2D eigenvalue weighted by Crippen LogP contribution is -2.18. The van der Waals surface area contributed by atoms with Gasteiger partial charge in [0.25, 0.3) is 0 Å². The van der Waals surface area contributed by atoms with Crippen LogP contribution < -0.4 is 0 Å². The van der Waals surface area contributed by atoms with E-state index in [1.54, 1.807) is 0 Å². The first-order chi connectivity index (χ1) is 9.00. The highest BCUT2D eigenvalue weighted by atomic mass is 16.6. The fourth-order valence-electron chi connectivity index (χ4n) is 2.63. The van der Waals surface area contributed by atoms with Crippen molar-refractivity contribution in [3.05, 3.63) is 28.8 Å². The van der Waals surface area contributed by atoms with E-state index in [0.29, 0.717) is 18.0 Å². The lowest BCUT2D eigenvalue weighted by molar-refractivity contribution is 0.377. The van der Waals surface area contributed by atoms with Gasteiger partial charge in [-0.25, -0.2) is 0 Å². The minimum Gasteiger partial charge on any atom is -0.507 e. The molecule has 0 aliphatic carbocycles. The van der Waals surface area contributed by atoms with Crippen molar-refractivity contribution in [2.45, 2.75) is 77.9 Å². The predicted octanol–water partition coefficient (Wildman–Crippen LogP) is 4.32. The molecular formula is C18H28O2. The first-order valence-corrected chi connectivity index (χ1v) is 7.52. The zero-order valence-corrected chi connectivity index (χ0v) is 13.9. The molecule has 1 heterocycles. The Kier molecular flexibility index (Phi) is 3.66. The van der Waals surface area contributed by atoms with Crippen LogP contribution >= 0.6 is 0 Å². The highest BCUT2D eigenvalue weighted by Gasteiger charge is 2.35. The molecule has 2 nitrogen and oxygen atoms in total. The van der Waals surface area contributed by atoms with Gasteiger partial charge in [0, 0.05) is 6.42 Å². The predicted molar refractivity (Wildman–Crippen MR) is 83.5 cm³/mol. The first-order valence-electron chi connectivity index (χ1n) is 7.52. The van der Waals surface area contributed by atoms with E-state index in [2.05, 4.69) is 60.6 Å². The minimum absolute atomic E-state index is 0.0594. The van der Waals surface area contributed by atoms with Crippen LogP contribution in [0.1, 0.15) is 65.2 Å². The van der Waals surface area contributed by atoms with Crippen LogP contribution in [0.15, 0.2) is 12.1 Å². The summed E-state index contributed by atoms with van der Waals surface area (Å²) < 4.78 is 5.54. The molecular weight excluding hydrogens is 248 g/mol. The van der Waals surface area contributed by atoms with E-state index in [9.17, 15) is 5.11 Å². The second-order valence-corrected chi connectivity index (χ2v) is 8.12. The van der Waals surface area contributed by atoms with Gasteiger partial charge >= 0.3 is 0 Å². The van der Waals surface area contributed by atoms with Crippen molar-refractivity contribution < 1.29 is 9.84 Å². The van der Waals surface area contributed by atoms with Gasteiger partial charge in [0.2, 0.25) is 0 Å². The largest absolute Gasteiger partial charge is 0.507 e. The Balaban J connectivity index is 2.48. The quantitative estimate of drug-likeness (QED) is 0.816. The number of hydrogen-bond donors (Lipinski definition) is 1. The van der Waals surface area contributed by atoms with Gasteiger partial charge in [-0.1, -0.05) is 53.7 Å². The maximum atomic E-state index is 10.7. The molecule has 20 heavy (non-hydrogen) atoms. The van der Waals surface area contributed by atoms with Crippen LogP contribution in [0.3, 0.4) is 0 Å². The third-order valence-electron chi connectivity index (χ3n) is 4.06. The third-order valence-corrected chi connectivity index (χ3v) is 4.06. The SMILES string of the molecule is CC1OC1Cc1cc(C(C)(C)C)c(O)c(C(C)(C)C)c1. The molecule has 112 valence electrons. The number of aromatic hydroxyl groups is 1. The lowest BCUT2D eigenvalue weighted by Gasteiger charge is -2.28. The van der Waals surface area contributed by atoms with Crippen LogP contribution in [0.4, 0.5) is 0 Å². The summed E-state index contributed by atoms with van der Waals surface area (Å²) >= 11 is 0. The van der Waals surface area contributed by atoms with E-state index >= 15 is 0 Å². The van der Waals surface area contributed by atoms with E-state index in [4.69, 9.17) is 4.74 Å². The molecule has 2 heteroatoms. The summed E-state index contributed by atoms with van der Waals surface area (Å²) in [5.74, 6) is 0.457. The fourth-order valence-corrected chi connectivity index (χ4v) is 2.63. The molecule has 1 N–H and O–H groups in total. The van der Waals surface area contributed by atoms with Gasteiger partial charge in [-0.05, 0) is 34.4 Å². The van der Waals surface area contributed by atoms with Crippen LogP contribution in [0.2, 0.25) is 0 Å². The number of benzene rings is 1. The molecule has 0 saturated carbocycles. The summed E-state index contributed by atoms with van der Waals surface area (Å²) in [4.78, 5) is 0. The summed E-state index contributed by atoms with van der Waals surface area (Å²) in [6, 6.07) is 4.30. The van der Waals surface area contributed by atoms with Gasteiger partial charge in [0.1, 0.15) is 5.75 Å². The van der Waals surface area contributed by atoms with Crippen molar-refractivity contribution in [3.63, 3.8) is 0 Å². The smallest absolute Gasteiger partial charge is 0.123 e. The first kappa shape index (κ1) is 15.4. The van der Waals surface area contributed by atoms with Crippen molar-refractivity contribution in [1.82, 2.24) is 0 Å². The third kappa shape index (κ3) is 3.17. The minimum atomic E-state index is -0.0594. The van der Waals surface area contributed by atoms with Gasteiger partial charge in [-0.15, -0.1) is 0 Å². The van der Waals surface area contributed by atoms with Crippen molar-refractivity contribution in [2.24, 2.45) is 0 Å². The molecule has 1 aliphatic rings. The molecule has 1 aromatic carbocycles. The highest BCUT2D eigenvalue weighted by molar-refractivity contribution is 5.50. The Morgan fingerprint density at radius 1 is 1.00 bits per heavy atom. The Bertz CT molecular complexity index is 468. The van der Waals surface area contributed by atoms with Crippen molar-refractivity contribution in [1.29, 1.82) is 0 Å². The summed E-state index contributed by atoms with van der Waals surface area (Å²) in [7, 11) is 0. The topological polar surface area (TPSA) is 32.8 Å². The van der Waals surface area contributed by atoms with Gasteiger partial charge in [-0.2, -0.15) is 0 Å². The van der Waals surface area contributed by atoms with E-state index < -0.39 is 0 Å². The maximum Gasteiger partial charge on any atom is 0.123 e. The summed E-state index contributed by atoms with van der Waals surface area (Å²) in [6.45, 7) is 15.0. The van der Waals surface area contributed by atoms with E-state index in [-0.39, 0.29) is 10.8 Å². The molecule has 1 aliphatic heterocycles. The molecule has 0 bridgehead atoms. The van der Waals surface area contributed by atoms with Crippen molar-refractivity contribution in [2.75, 3.05) is 0 Å². The van der Waals surface area contributed by atoms with Gasteiger partial charge in [0.05, 0.1) is 12.2 Å². The van der Waals surface area contributed by atoms with Crippen LogP contribution in [0.5, 0.6) is 5.75 Å². The highest BCUT2D eigenvalue weighted by Crippen LogP contribution is 2.40. The zero-order valence-electron chi connectivity index (χ0n) is 13.9. The molecule has 0 aromatic heterocycles. The van der Waals surface area contributed by atoms with Crippen molar-refractivity contribution in [3.8, 4) is 5.75 Å². The number of ether oxygens (including phenoxy) is 1. The molecule has 0 radical (unpaired) electrons. The van der Waals surface area contributed by atoms with Gasteiger partial charge < -0.3 is 9.84 Å². The molecule has 1 aromatic rings. The normalized spacial score (nSPS) is 22.9. The monoisotopic (exact) mass is 276 g/mol. The maximum absolute atomic E-state index is 10.7. The molecule has 2 atom stereocenters. The van der Waals surface area contributed by atoms with Crippen molar-refractivity contribution >= 4 is 0 Å². The van der Waals surface area contributed by atoms with Gasteiger partial charge in [0.15, 0.2) is 0 Å². The Labute approximate surface area is 123 Å². The Morgan fingerprint density at radius 3 is 1.70 bits per heavy atom. The van der Waals surface area contributed by atoms with Crippen LogP contribution in [0, 0.1) is 0 Å². The summed E-state index contributed by atoms with van der Waals surface area (Å²) in [5, 5.41) is 10.7. The molecule has 1 fully saturated rings. The zero-order chi connectivity index (χ0) is 15.3. The molecule has 2 rings (SSSR count). The average molecular weight is 276 g/mol. The van der Waals surface area contributed by atoms with E-state index in [0.717, 1.165) is 17.5 Å². The number of phenols is 1. The Hall–Kier alpha value is -1.02. The van der Waals surface area contributed by atoms with E-state index in [1.165, 1.54) is 5.56 Å². The fraction of sp³-hybridized carbons (Fsp3) is 0.667. The lowest BCUT2D eigenvalue weighted by atomic mass is 9.78. The summed E-state index contributed by atoms with van der Waals surface area (Å²) in [6.07, 6.45) is 1.66. The number of rotatable bonds is 2. The second-order valence-electron chi connectivity index (χ2n) is 8.12. The van der Waals surface area contributed by atoms with Crippen LogP contribution in [-0.4, -0.2) is 17.3 Å². The molecule has 0 amide bonds. The number of epoxide rings is 1.